The summed E-state index contributed by atoms with van der Waals surface area (Å²) in [7, 11) is 0. The number of ether oxygens (including phenoxy) is 1. The second kappa shape index (κ2) is 12.0. The largest absolute Gasteiger partial charge is 0.478 e. The number of rotatable bonds is 13. The molecule has 5 nitrogen and oxygen atoms in total. The molecule has 0 radical (unpaired) electrons. The maximum atomic E-state index is 12.0. The van der Waals surface area contributed by atoms with E-state index in [9.17, 15) is 14.4 Å². The van der Waals surface area contributed by atoms with Gasteiger partial charge in [0.2, 0.25) is 0 Å². The molecule has 5 heteroatoms. The number of hydrogen-bond acceptors (Lipinski definition) is 4. The zero-order valence-corrected chi connectivity index (χ0v) is 13.7. The van der Waals surface area contributed by atoms with Crippen molar-refractivity contribution in [2.24, 2.45) is 5.92 Å². The van der Waals surface area contributed by atoms with Crippen molar-refractivity contribution in [3.05, 3.63) is 12.2 Å². The predicted octanol–water partition coefficient (Wildman–Crippen LogP) is 3.52. The molecular weight excluding hydrogens is 284 g/mol. The molecular formula is C17H28O5. The summed E-state index contributed by atoms with van der Waals surface area (Å²) < 4.78 is 5.12. The number of carboxylic acids is 1. The van der Waals surface area contributed by atoms with E-state index in [-0.39, 0.29) is 24.4 Å². The number of carbonyl (C=O) groups is 3. The Morgan fingerprint density at radius 1 is 1.09 bits per heavy atom. The van der Waals surface area contributed by atoms with E-state index in [0.717, 1.165) is 25.7 Å². The minimum Gasteiger partial charge on any atom is -0.478 e. The first-order chi connectivity index (χ1) is 10.4. The van der Waals surface area contributed by atoms with Gasteiger partial charge in [-0.1, -0.05) is 46.1 Å². The molecule has 0 saturated carbocycles. The minimum atomic E-state index is -1.04. The molecule has 0 rings (SSSR count). The average molecular weight is 312 g/mol. The second-order valence-electron chi connectivity index (χ2n) is 5.40. The molecule has 0 aromatic carbocycles. The highest BCUT2D eigenvalue weighted by Gasteiger charge is 2.26. The van der Waals surface area contributed by atoms with Gasteiger partial charge in [0, 0.05) is 12.0 Å². The van der Waals surface area contributed by atoms with Crippen molar-refractivity contribution < 1.29 is 24.2 Å². The van der Waals surface area contributed by atoms with Gasteiger partial charge in [0.15, 0.2) is 0 Å². The fraction of sp³-hybridized carbons (Fsp3) is 0.706. The van der Waals surface area contributed by atoms with E-state index in [1.54, 1.807) is 6.92 Å². The van der Waals surface area contributed by atoms with E-state index in [1.807, 2.05) is 0 Å². The number of aliphatic carboxylic acids is 1. The first-order valence-electron chi connectivity index (χ1n) is 8.04. The van der Waals surface area contributed by atoms with E-state index in [0.29, 0.717) is 19.3 Å². The van der Waals surface area contributed by atoms with Crippen LogP contribution in [-0.2, 0) is 19.1 Å². The molecule has 1 N–H and O–H groups in total. The SMILES string of the molecule is C=C(CCCOC(=O)C(CCCCCC)C(=O)CC)C(=O)O. The lowest BCUT2D eigenvalue weighted by atomic mass is 9.95. The van der Waals surface area contributed by atoms with Crippen LogP contribution < -0.4 is 0 Å². The van der Waals surface area contributed by atoms with Crippen molar-refractivity contribution in [2.45, 2.75) is 65.2 Å². The van der Waals surface area contributed by atoms with Gasteiger partial charge in [-0.05, 0) is 19.3 Å². The predicted molar refractivity (Wildman–Crippen MR) is 84.5 cm³/mol. The lowest BCUT2D eigenvalue weighted by molar-refractivity contribution is -0.152. The smallest absolute Gasteiger partial charge is 0.330 e. The summed E-state index contributed by atoms with van der Waals surface area (Å²) in [5.41, 5.74) is 0.0943. The van der Waals surface area contributed by atoms with E-state index >= 15 is 0 Å². The van der Waals surface area contributed by atoms with Crippen LogP contribution in [0.3, 0.4) is 0 Å². The Labute approximate surface area is 132 Å². The zero-order chi connectivity index (χ0) is 17.0. The van der Waals surface area contributed by atoms with Gasteiger partial charge in [-0.2, -0.15) is 0 Å². The van der Waals surface area contributed by atoms with Gasteiger partial charge in [-0.3, -0.25) is 9.59 Å². The third-order valence-corrected chi connectivity index (χ3v) is 3.54. The first kappa shape index (κ1) is 20.3. The topological polar surface area (TPSA) is 80.7 Å². The third kappa shape index (κ3) is 8.60. The van der Waals surface area contributed by atoms with Gasteiger partial charge in [-0.25, -0.2) is 4.79 Å². The van der Waals surface area contributed by atoms with Crippen LogP contribution in [0, 0.1) is 5.92 Å². The molecule has 0 aliphatic heterocycles. The highest BCUT2D eigenvalue weighted by atomic mass is 16.5. The molecule has 0 saturated heterocycles. The summed E-state index contributed by atoms with van der Waals surface area (Å²) in [6.45, 7) is 7.38. The zero-order valence-electron chi connectivity index (χ0n) is 13.7. The van der Waals surface area contributed by atoms with Crippen LogP contribution in [0.15, 0.2) is 12.2 Å². The summed E-state index contributed by atoms with van der Waals surface area (Å²) in [6, 6.07) is 0. The molecule has 0 fully saturated rings. The van der Waals surface area contributed by atoms with E-state index in [2.05, 4.69) is 13.5 Å². The van der Waals surface area contributed by atoms with Crippen LogP contribution in [0.25, 0.3) is 0 Å². The fourth-order valence-corrected chi connectivity index (χ4v) is 2.10. The normalized spacial score (nSPS) is 11.7. The highest BCUT2D eigenvalue weighted by molar-refractivity contribution is 5.98. The summed E-state index contributed by atoms with van der Waals surface area (Å²) in [5.74, 6) is -2.29. The Morgan fingerprint density at radius 2 is 1.77 bits per heavy atom. The Bertz CT molecular complexity index is 387. The number of carbonyl (C=O) groups excluding carboxylic acids is 2. The molecule has 0 aromatic heterocycles. The number of hydrogen-bond donors (Lipinski definition) is 1. The minimum absolute atomic E-state index is 0.0866. The van der Waals surface area contributed by atoms with Crippen molar-refractivity contribution in [3.8, 4) is 0 Å². The number of ketones is 1. The second-order valence-corrected chi connectivity index (χ2v) is 5.40. The Balaban J connectivity index is 4.19. The molecule has 0 aromatic rings. The quantitative estimate of drug-likeness (QED) is 0.243. The average Bonchev–Trinajstić information content (AvgIpc) is 2.50. The van der Waals surface area contributed by atoms with Crippen LogP contribution in [0.4, 0.5) is 0 Å². The molecule has 0 aliphatic carbocycles. The molecule has 1 atom stereocenters. The van der Waals surface area contributed by atoms with Crippen LogP contribution >= 0.6 is 0 Å². The maximum absolute atomic E-state index is 12.0. The van der Waals surface area contributed by atoms with Gasteiger partial charge in [0.1, 0.15) is 11.7 Å². The monoisotopic (exact) mass is 312 g/mol. The van der Waals surface area contributed by atoms with Crippen molar-refractivity contribution >= 4 is 17.7 Å². The van der Waals surface area contributed by atoms with Gasteiger partial charge in [0.05, 0.1) is 6.61 Å². The van der Waals surface area contributed by atoms with Crippen molar-refractivity contribution in [1.29, 1.82) is 0 Å². The molecule has 22 heavy (non-hydrogen) atoms. The van der Waals surface area contributed by atoms with Gasteiger partial charge in [-0.15, -0.1) is 0 Å². The summed E-state index contributed by atoms with van der Waals surface area (Å²) in [4.78, 5) is 34.4. The fourth-order valence-electron chi connectivity index (χ4n) is 2.10. The van der Waals surface area contributed by atoms with E-state index in [1.165, 1.54) is 0 Å². The summed E-state index contributed by atoms with van der Waals surface area (Å²) in [5, 5.41) is 8.67. The van der Waals surface area contributed by atoms with Crippen LogP contribution in [0.2, 0.25) is 0 Å². The molecule has 0 heterocycles. The lowest BCUT2D eigenvalue weighted by Crippen LogP contribution is -2.26. The van der Waals surface area contributed by atoms with E-state index in [4.69, 9.17) is 9.84 Å². The molecule has 0 aliphatic rings. The van der Waals surface area contributed by atoms with Crippen molar-refractivity contribution in [1.82, 2.24) is 0 Å². The maximum Gasteiger partial charge on any atom is 0.330 e. The lowest BCUT2D eigenvalue weighted by Gasteiger charge is -2.14. The van der Waals surface area contributed by atoms with Gasteiger partial charge in [0.25, 0.3) is 0 Å². The third-order valence-electron chi connectivity index (χ3n) is 3.54. The van der Waals surface area contributed by atoms with Crippen molar-refractivity contribution in [2.75, 3.05) is 6.61 Å². The number of unbranched alkanes of at least 4 members (excludes halogenated alkanes) is 3. The van der Waals surface area contributed by atoms with Gasteiger partial charge >= 0.3 is 11.9 Å². The molecule has 0 amide bonds. The number of esters is 1. The highest BCUT2D eigenvalue weighted by Crippen LogP contribution is 2.16. The first-order valence-corrected chi connectivity index (χ1v) is 8.04. The molecule has 0 spiro atoms. The Hall–Kier alpha value is -1.65. The Morgan fingerprint density at radius 3 is 2.32 bits per heavy atom. The summed E-state index contributed by atoms with van der Waals surface area (Å²) in [6.07, 6.45) is 5.58. The van der Waals surface area contributed by atoms with Crippen LogP contribution in [0.1, 0.15) is 65.2 Å². The van der Waals surface area contributed by atoms with Crippen molar-refractivity contribution in [3.63, 3.8) is 0 Å². The molecule has 126 valence electrons. The number of carboxylic acid groups (broad SMARTS) is 1. The van der Waals surface area contributed by atoms with Gasteiger partial charge < -0.3 is 9.84 Å². The van der Waals surface area contributed by atoms with Crippen LogP contribution in [-0.4, -0.2) is 29.4 Å². The molecule has 0 bridgehead atoms. The standard InChI is InChI=1S/C17H28O5/c1-4-6-7-8-11-14(15(18)5-2)17(21)22-12-9-10-13(3)16(19)20/h14H,3-12H2,1-2H3,(H,19,20). The Kier molecular flexibility index (Phi) is 11.1. The summed E-state index contributed by atoms with van der Waals surface area (Å²) >= 11 is 0. The van der Waals surface area contributed by atoms with Crippen LogP contribution in [0.5, 0.6) is 0 Å². The number of Topliss-reactive ketones (excluding diaryl/α,β-unsaturated/α-hetero) is 1. The molecule has 1 unspecified atom stereocenters. The van der Waals surface area contributed by atoms with E-state index < -0.39 is 17.9 Å².